The molecule has 0 radical (unpaired) electrons. The van der Waals surface area contributed by atoms with Crippen molar-refractivity contribution < 1.29 is 29.3 Å². The van der Waals surface area contributed by atoms with Crippen molar-refractivity contribution in [1.29, 1.82) is 0 Å². The first-order valence-electron chi connectivity index (χ1n) is 20.0. The van der Waals surface area contributed by atoms with Crippen molar-refractivity contribution >= 4 is 29.9 Å². The molecule has 5 aromatic rings. The number of carboxylic acid groups (broad SMARTS) is 1. The van der Waals surface area contributed by atoms with Gasteiger partial charge in [0, 0.05) is 41.7 Å². The van der Waals surface area contributed by atoms with Crippen molar-refractivity contribution in [2.45, 2.75) is 103 Å². The molecule has 15 nitrogen and oxygen atoms in total. The first kappa shape index (κ1) is 41.9. The zero-order valence-corrected chi connectivity index (χ0v) is 34.6. The number of aliphatic hydroxyl groups excluding tert-OH is 1. The maximum atomic E-state index is 13.8. The van der Waals surface area contributed by atoms with E-state index in [2.05, 4.69) is 72.5 Å². The van der Waals surface area contributed by atoms with Gasteiger partial charge in [0.15, 0.2) is 5.65 Å². The van der Waals surface area contributed by atoms with Crippen LogP contribution in [0.4, 0.5) is 16.6 Å². The van der Waals surface area contributed by atoms with E-state index in [-0.39, 0.29) is 36.7 Å². The minimum Gasteiger partial charge on any atom is -0.492 e. The summed E-state index contributed by atoms with van der Waals surface area (Å²) in [4.78, 5) is 26.6. The third kappa shape index (κ3) is 9.54. The first-order chi connectivity index (χ1) is 27.8. The van der Waals surface area contributed by atoms with Crippen LogP contribution in [-0.4, -0.2) is 91.3 Å². The number of rotatable bonds is 11. The van der Waals surface area contributed by atoms with E-state index < -0.39 is 0 Å². The van der Waals surface area contributed by atoms with E-state index in [0.717, 1.165) is 60.0 Å². The van der Waals surface area contributed by atoms with Gasteiger partial charge in [-0.05, 0) is 89.4 Å². The molecule has 4 heterocycles. The van der Waals surface area contributed by atoms with Crippen LogP contribution >= 0.6 is 0 Å². The number of urea groups is 1. The van der Waals surface area contributed by atoms with Gasteiger partial charge in [0.05, 0.1) is 30.2 Å². The fourth-order valence-electron chi connectivity index (χ4n) is 7.73. The van der Waals surface area contributed by atoms with E-state index in [1.54, 1.807) is 4.68 Å². The maximum Gasteiger partial charge on any atom is 0.320 e. The second-order valence-corrected chi connectivity index (χ2v) is 16.4. The quantitative estimate of drug-likeness (QED) is 0.103. The number of carbonyl (C=O) groups is 2. The van der Waals surface area contributed by atoms with Gasteiger partial charge in [-0.15, -0.1) is 10.2 Å². The van der Waals surface area contributed by atoms with Crippen LogP contribution in [-0.2, 0) is 16.8 Å². The summed E-state index contributed by atoms with van der Waals surface area (Å²) in [6.07, 6.45) is 6.72. The molecule has 0 spiro atoms. The number of likely N-dealkylation sites (N-methyl/N-ethyl adjacent to an activating group) is 1. The highest BCUT2D eigenvalue weighted by Crippen LogP contribution is 2.39. The summed E-state index contributed by atoms with van der Waals surface area (Å²) in [5.41, 5.74) is 4.81. The number of benzene rings is 2. The average Bonchev–Trinajstić information content (AvgIpc) is 3.80. The van der Waals surface area contributed by atoms with Gasteiger partial charge in [0.1, 0.15) is 30.0 Å². The molecule has 2 aliphatic rings. The Balaban J connectivity index is 0.00000183. The summed E-state index contributed by atoms with van der Waals surface area (Å²) >= 11 is 0. The smallest absolute Gasteiger partial charge is 0.320 e. The van der Waals surface area contributed by atoms with Gasteiger partial charge in [0.2, 0.25) is 5.95 Å². The lowest BCUT2D eigenvalue weighted by Gasteiger charge is -2.39. The Bertz CT molecular complexity index is 2170. The number of nitrogens with zero attached hydrogens (tertiary/aromatic N) is 7. The molecule has 0 unspecified atom stereocenters. The molecule has 2 amide bonds. The third-order valence-electron chi connectivity index (χ3n) is 10.8. The van der Waals surface area contributed by atoms with Crippen molar-refractivity contribution in [1.82, 2.24) is 34.6 Å². The summed E-state index contributed by atoms with van der Waals surface area (Å²) in [6.45, 7) is 11.6. The SMILES string of the molecule is C[C@@H]1CCC[C@H](C)N1c1nnc2ccc(O[C@@H]3CC[C@H](NC(=O)Nc4cc(C(C)(C)C)nn4-c4ccc(CO)c(OCCN(C)C)c4)c4ccccc43)cn12.O=CO. The van der Waals surface area contributed by atoms with Gasteiger partial charge in [-0.1, -0.05) is 51.1 Å². The van der Waals surface area contributed by atoms with Crippen LogP contribution in [0, 0.1) is 0 Å². The Morgan fingerprint density at radius 2 is 1.71 bits per heavy atom. The second-order valence-electron chi connectivity index (χ2n) is 16.4. The standard InChI is InChI=1S/C42H55N9O4.CH2O2/c1-27-11-10-12-28(2)50(27)41-46-45-38-20-17-31(25-49(38)41)55-35-19-18-34(32-13-8-9-14-33(32)35)43-40(53)44-39-24-37(42(3,4)5)47-51(39)30-16-15-29(26-52)36(23-30)54-22-21-48(6)7;2-1-3/h8-9,13-17,20,23-25,27-28,34-35,52H,10-12,18-19,21-22,26H2,1-7H3,(H2,43,44,53);1H,(H,2,3)/t27-,28+,34-,35+;/m0./s1. The Morgan fingerprint density at radius 1 is 0.983 bits per heavy atom. The lowest BCUT2D eigenvalue weighted by molar-refractivity contribution is -0.122. The Kier molecular flexibility index (Phi) is 13.2. The van der Waals surface area contributed by atoms with Crippen LogP contribution in [0.25, 0.3) is 11.3 Å². The van der Waals surface area contributed by atoms with Crippen molar-refractivity contribution in [2.75, 3.05) is 37.5 Å². The number of aliphatic hydroxyl groups is 1. The lowest BCUT2D eigenvalue weighted by atomic mass is 9.85. The molecule has 1 aliphatic carbocycles. The van der Waals surface area contributed by atoms with Crippen LogP contribution in [0.1, 0.15) is 101 Å². The molecular weight excluding hydrogens is 739 g/mol. The van der Waals surface area contributed by atoms with Crippen molar-refractivity contribution in [3.8, 4) is 17.2 Å². The first-order valence-corrected chi connectivity index (χ1v) is 20.0. The highest BCUT2D eigenvalue weighted by atomic mass is 16.5. The number of piperidine rings is 1. The normalized spacial score (nSPS) is 19.2. The summed E-state index contributed by atoms with van der Waals surface area (Å²) in [7, 11) is 3.97. The molecule has 0 bridgehead atoms. The highest BCUT2D eigenvalue weighted by molar-refractivity contribution is 5.89. The number of pyridine rings is 1. The van der Waals surface area contributed by atoms with Crippen LogP contribution in [0.2, 0.25) is 0 Å². The molecule has 1 aliphatic heterocycles. The van der Waals surface area contributed by atoms with Crippen molar-refractivity contribution in [2.24, 2.45) is 0 Å². The highest BCUT2D eigenvalue weighted by Gasteiger charge is 2.32. The molecule has 15 heteroatoms. The van der Waals surface area contributed by atoms with Crippen LogP contribution < -0.4 is 25.0 Å². The Hall–Kier alpha value is -5.67. The maximum absolute atomic E-state index is 13.8. The lowest BCUT2D eigenvalue weighted by Crippen LogP contribution is -2.44. The minimum atomic E-state index is -0.332. The summed E-state index contributed by atoms with van der Waals surface area (Å²) in [5.74, 6) is 2.71. The van der Waals surface area contributed by atoms with E-state index in [1.165, 1.54) is 6.42 Å². The number of nitrogens with one attached hydrogen (secondary N) is 2. The van der Waals surface area contributed by atoms with Crippen molar-refractivity contribution in [3.05, 3.63) is 89.2 Å². The number of carbonyl (C=O) groups excluding carboxylic acids is 1. The molecule has 4 atom stereocenters. The second kappa shape index (κ2) is 18.3. The predicted molar refractivity (Wildman–Crippen MR) is 223 cm³/mol. The Morgan fingerprint density at radius 3 is 2.40 bits per heavy atom. The molecule has 58 heavy (non-hydrogen) atoms. The average molecular weight is 796 g/mol. The number of anilines is 2. The molecule has 310 valence electrons. The van der Waals surface area contributed by atoms with Crippen LogP contribution in [0.3, 0.4) is 0 Å². The minimum absolute atomic E-state index is 0.151. The molecule has 0 saturated carbocycles. The van der Waals surface area contributed by atoms with Gasteiger partial charge in [-0.3, -0.25) is 14.5 Å². The zero-order valence-electron chi connectivity index (χ0n) is 34.6. The number of amides is 2. The van der Waals surface area contributed by atoms with E-state index in [9.17, 15) is 9.90 Å². The molecule has 3 aromatic heterocycles. The largest absolute Gasteiger partial charge is 0.492 e. The van der Waals surface area contributed by atoms with E-state index >= 15 is 0 Å². The number of hydrogen-bond donors (Lipinski definition) is 4. The molecular formula is C43H57N9O6. The van der Waals surface area contributed by atoms with E-state index in [1.807, 2.05) is 78.1 Å². The number of ether oxygens (including phenoxy) is 2. The topological polar surface area (TPSA) is 172 Å². The predicted octanol–water partition coefficient (Wildman–Crippen LogP) is 6.89. The van der Waals surface area contributed by atoms with Crippen LogP contribution in [0.5, 0.6) is 11.5 Å². The van der Waals surface area contributed by atoms with E-state index in [0.29, 0.717) is 47.9 Å². The zero-order chi connectivity index (χ0) is 41.6. The fraction of sp³-hybridized carbons (Fsp3) is 0.465. The summed E-state index contributed by atoms with van der Waals surface area (Å²) < 4.78 is 16.5. The molecule has 2 aromatic carbocycles. The van der Waals surface area contributed by atoms with E-state index in [4.69, 9.17) is 24.5 Å². The Labute approximate surface area is 340 Å². The number of fused-ring (bicyclic) bond motifs is 2. The van der Waals surface area contributed by atoms with Crippen molar-refractivity contribution in [3.63, 3.8) is 0 Å². The van der Waals surface area contributed by atoms with Gasteiger partial charge in [-0.25, -0.2) is 9.48 Å². The fourth-order valence-corrected chi connectivity index (χ4v) is 7.73. The molecule has 1 saturated heterocycles. The summed E-state index contributed by atoms with van der Waals surface area (Å²) in [5, 5.41) is 37.2. The summed E-state index contributed by atoms with van der Waals surface area (Å²) in [6, 6.07) is 19.8. The van der Waals surface area contributed by atoms with Crippen LogP contribution in [0.15, 0.2) is 66.9 Å². The monoisotopic (exact) mass is 795 g/mol. The van der Waals surface area contributed by atoms with Gasteiger partial charge in [-0.2, -0.15) is 5.10 Å². The molecule has 1 fully saturated rings. The number of hydrogen-bond acceptors (Lipinski definition) is 10. The third-order valence-corrected chi connectivity index (χ3v) is 10.8. The van der Waals surface area contributed by atoms with Gasteiger partial charge >= 0.3 is 6.03 Å². The van der Waals surface area contributed by atoms with Gasteiger partial charge in [0.25, 0.3) is 6.47 Å². The van der Waals surface area contributed by atoms with Gasteiger partial charge < -0.3 is 34.8 Å². The molecule has 7 rings (SSSR count). The number of aromatic nitrogens is 5. The molecule has 4 N–H and O–H groups in total.